The first kappa shape index (κ1) is 18.1. The molecule has 1 N–H and O–H groups in total. The fraction of sp³-hybridized carbons (Fsp3) is 0.167. The molecule has 2 rings (SSSR count). The molecule has 0 saturated carbocycles. The predicted octanol–water partition coefficient (Wildman–Crippen LogP) is 2.35. The van der Waals surface area contributed by atoms with E-state index in [0.717, 1.165) is 19.2 Å². The fourth-order valence-electron chi connectivity index (χ4n) is 2.27. The van der Waals surface area contributed by atoms with Gasteiger partial charge in [0.2, 0.25) is 0 Å². The lowest BCUT2D eigenvalue weighted by atomic mass is 10.0. The summed E-state index contributed by atoms with van der Waals surface area (Å²) in [5, 5.41) is 11.5. The quantitative estimate of drug-likeness (QED) is 0.845. The van der Waals surface area contributed by atoms with Crippen LogP contribution in [0.1, 0.15) is 21.5 Å². The Morgan fingerprint density at radius 3 is 2.60 bits per heavy atom. The molecule has 0 heterocycles. The number of halogens is 2. The average Bonchev–Trinajstić information content (AvgIpc) is 2.60. The van der Waals surface area contributed by atoms with Crippen LogP contribution in [0.25, 0.3) is 0 Å². The van der Waals surface area contributed by atoms with Crippen molar-refractivity contribution in [3.63, 3.8) is 0 Å². The van der Waals surface area contributed by atoms with Crippen LogP contribution < -0.4 is 5.32 Å². The van der Waals surface area contributed by atoms with Gasteiger partial charge in [0, 0.05) is 12.5 Å². The number of rotatable bonds is 5. The molecule has 2 aromatic carbocycles. The minimum atomic E-state index is -1.13. The first-order valence-corrected chi connectivity index (χ1v) is 7.28. The minimum Gasteiger partial charge on any atom is -0.467 e. The van der Waals surface area contributed by atoms with Gasteiger partial charge in [0.15, 0.2) is 0 Å². The molecule has 0 unspecified atom stereocenters. The highest BCUT2D eigenvalue weighted by atomic mass is 19.1. The molecule has 0 spiro atoms. The molecule has 2 aromatic rings. The van der Waals surface area contributed by atoms with E-state index in [1.165, 1.54) is 0 Å². The SMILES string of the molecule is COC(=O)[C@H](Cc1ccccc1C#N)NC(=O)c1ccc(F)cc1F. The topological polar surface area (TPSA) is 79.2 Å². The number of esters is 1. The summed E-state index contributed by atoms with van der Waals surface area (Å²) < 4.78 is 31.3. The van der Waals surface area contributed by atoms with Gasteiger partial charge in [-0.25, -0.2) is 13.6 Å². The van der Waals surface area contributed by atoms with Crippen LogP contribution in [0.4, 0.5) is 8.78 Å². The third-order valence-corrected chi connectivity index (χ3v) is 3.53. The summed E-state index contributed by atoms with van der Waals surface area (Å²) >= 11 is 0. The van der Waals surface area contributed by atoms with Crippen molar-refractivity contribution in [2.45, 2.75) is 12.5 Å². The number of nitriles is 1. The van der Waals surface area contributed by atoms with E-state index < -0.39 is 35.1 Å². The molecule has 7 heteroatoms. The van der Waals surface area contributed by atoms with Crippen molar-refractivity contribution in [1.29, 1.82) is 5.26 Å². The predicted molar refractivity (Wildman–Crippen MR) is 84.5 cm³/mol. The summed E-state index contributed by atoms with van der Waals surface area (Å²) in [7, 11) is 1.15. The van der Waals surface area contributed by atoms with Crippen molar-refractivity contribution in [3.05, 3.63) is 70.8 Å². The molecule has 0 fully saturated rings. The summed E-state index contributed by atoms with van der Waals surface area (Å²) in [5.41, 5.74) is 0.475. The Kier molecular flexibility index (Phi) is 5.79. The largest absolute Gasteiger partial charge is 0.467 e. The van der Waals surface area contributed by atoms with Crippen molar-refractivity contribution in [3.8, 4) is 6.07 Å². The Bertz CT molecular complexity index is 846. The molecule has 0 saturated heterocycles. The standard InChI is InChI=1S/C18H14F2N2O3/c1-25-18(24)16(8-11-4-2-3-5-12(11)10-21)22-17(23)14-7-6-13(19)9-15(14)20/h2-7,9,16H,8H2,1H3,(H,22,23)/t16-/m0/s1. The van der Waals surface area contributed by atoms with Crippen LogP contribution in [0.5, 0.6) is 0 Å². The Hall–Kier alpha value is -3.27. The van der Waals surface area contributed by atoms with Gasteiger partial charge in [-0.2, -0.15) is 5.26 Å². The van der Waals surface area contributed by atoms with Crippen LogP contribution in [0, 0.1) is 23.0 Å². The maximum absolute atomic E-state index is 13.7. The number of amides is 1. The van der Waals surface area contributed by atoms with Crippen LogP contribution in [0.3, 0.4) is 0 Å². The van der Waals surface area contributed by atoms with Crippen LogP contribution in [0.2, 0.25) is 0 Å². The Balaban J connectivity index is 2.25. The molecule has 0 aliphatic heterocycles. The van der Waals surface area contributed by atoms with Crippen molar-refractivity contribution >= 4 is 11.9 Å². The fourth-order valence-corrected chi connectivity index (χ4v) is 2.27. The Labute approximate surface area is 142 Å². The van der Waals surface area contributed by atoms with Gasteiger partial charge < -0.3 is 10.1 Å². The van der Waals surface area contributed by atoms with Gasteiger partial charge in [-0.3, -0.25) is 4.79 Å². The van der Waals surface area contributed by atoms with E-state index in [1.807, 2.05) is 6.07 Å². The number of hydrogen-bond acceptors (Lipinski definition) is 4. The third-order valence-electron chi connectivity index (χ3n) is 3.53. The summed E-state index contributed by atoms with van der Waals surface area (Å²) in [6.45, 7) is 0. The van der Waals surface area contributed by atoms with E-state index in [4.69, 9.17) is 5.26 Å². The number of carbonyl (C=O) groups is 2. The molecule has 0 radical (unpaired) electrons. The monoisotopic (exact) mass is 344 g/mol. The number of carbonyl (C=O) groups excluding carboxylic acids is 2. The van der Waals surface area contributed by atoms with Crippen molar-refractivity contribution in [2.75, 3.05) is 7.11 Å². The van der Waals surface area contributed by atoms with Crippen LogP contribution >= 0.6 is 0 Å². The van der Waals surface area contributed by atoms with Gasteiger partial charge in [-0.05, 0) is 23.8 Å². The van der Waals surface area contributed by atoms with Gasteiger partial charge in [0.1, 0.15) is 17.7 Å². The van der Waals surface area contributed by atoms with E-state index in [9.17, 15) is 18.4 Å². The third kappa shape index (κ3) is 4.38. The second-order valence-corrected chi connectivity index (χ2v) is 5.15. The zero-order valence-corrected chi connectivity index (χ0v) is 13.3. The van der Waals surface area contributed by atoms with Gasteiger partial charge in [-0.1, -0.05) is 18.2 Å². The number of nitrogens with zero attached hydrogens (tertiary/aromatic N) is 1. The number of nitrogens with one attached hydrogen (secondary N) is 1. The van der Waals surface area contributed by atoms with Gasteiger partial charge >= 0.3 is 5.97 Å². The first-order valence-electron chi connectivity index (χ1n) is 7.28. The molecule has 0 aliphatic carbocycles. The van der Waals surface area contributed by atoms with Crippen molar-refractivity contribution < 1.29 is 23.1 Å². The molecule has 25 heavy (non-hydrogen) atoms. The number of benzene rings is 2. The van der Waals surface area contributed by atoms with Gasteiger partial charge in [-0.15, -0.1) is 0 Å². The van der Waals surface area contributed by atoms with Crippen LogP contribution in [0.15, 0.2) is 42.5 Å². The summed E-state index contributed by atoms with van der Waals surface area (Å²) in [4.78, 5) is 24.2. The van der Waals surface area contributed by atoms with E-state index in [-0.39, 0.29) is 6.42 Å². The summed E-state index contributed by atoms with van der Waals surface area (Å²) in [6.07, 6.45) is -0.00897. The van der Waals surface area contributed by atoms with Gasteiger partial charge in [0.05, 0.1) is 24.3 Å². The lowest BCUT2D eigenvalue weighted by molar-refractivity contribution is -0.142. The maximum Gasteiger partial charge on any atom is 0.328 e. The highest BCUT2D eigenvalue weighted by Gasteiger charge is 2.25. The number of hydrogen-bond donors (Lipinski definition) is 1. The first-order chi connectivity index (χ1) is 12.0. The van der Waals surface area contributed by atoms with E-state index >= 15 is 0 Å². The highest BCUT2D eigenvalue weighted by Crippen LogP contribution is 2.13. The average molecular weight is 344 g/mol. The minimum absolute atomic E-state index is 0.00897. The van der Waals surface area contributed by atoms with Gasteiger partial charge in [0.25, 0.3) is 5.91 Å². The summed E-state index contributed by atoms with van der Waals surface area (Å²) in [6, 6.07) is 9.93. The van der Waals surface area contributed by atoms with E-state index in [2.05, 4.69) is 10.1 Å². The molecular formula is C18H14F2N2O3. The second-order valence-electron chi connectivity index (χ2n) is 5.15. The Morgan fingerprint density at radius 2 is 1.96 bits per heavy atom. The molecule has 0 bridgehead atoms. The molecule has 0 aromatic heterocycles. The zero-order chi connectivity index (χ0) is 18.4. The van der Waals surface area contributed by atoms with Crippen LogP contribution in [-0.4, -0.2) is 25.0 Å². The molecule has 0 aliphatic rings. The highest BCUT2D eigenvalue weighted by molar-refractivity contribution is 5.97. The van der Waals surface area contributed by atoms with Crippen molar-refractivity contribution in [2.24, 2.45) is 0 Å². The second kappa shape index (κ2) is 8.02. The smallest absolute Gasteiger partial charge is 0.328 e. The van der Waals surface area contributed by atoms with Crippen molar-refractivity contribution in [1.82, 2.24) is 5.32 Å². The zero-order valence-electron chi connectivity index (χ0n) is 13.3. The van der Waals surface area contributed by atoms with Crippen LogP contribution in [-0.2, 0) is 16.0 Å². The maximum atomic E-state index is 13.7. The number of ether oxygens (including phenoxy) is 1. The molecule has 1 amide bonds. The Morgan fingerprint density at radius 1 is 1.24 bits per heavy atom. The normalized spacial score (nSPS) is 11.3. The molecule has 1 atom stereocenters. The lowest BCUT2D eigenvalue weighted by Crippen LogP contribution is -2.43. The molecule has 5 nitrogen and oxygen atoms in total. The summed E-state index contributed by atoms with van der Waals surface area (Å²) in [5.74, 6) is -3.49. The molecule has 128 valence electrons. The van der Waals surface area contributed by atoms with E-state index in [1.54, 1.807) is 24.3 Å². The van der Waals surface area contributed by atoms with E-state index in [0.29, 0.717) is 17.2 Å². The molecular weight excluding hydrogens is 330 g/mol. The lowest BCUT2D eigenvalue weighted by Gasteiger charge is -2.17. The number of methoxy groups -OCH3 is 1.